The molecule has 0 aliphatic heterocycles. The molecule has 0 fully saturated rings. The molecule has 1 rings (SSSR count). The molecule has 0 aliphatic carbocycles. The zero-order valence-electron chi connectivity index (χ0n) is 12.6. The van der Waals surface area contributed by atoms with Gasteiger partial charge in [-0.15, -0.1) is 0 Å². The molecule has 20 heavy (non-hydrogen) atoms. The van der Waals surface area contributed by atoms with E-state index in [1.165, 1.54) is 0 Å². The maximum atomic E-state index is 9.23. The number of nitrogens with one attached hydrogen (secondary N) is 1. The predicted octanol–water partition coefficient (Wildman–Crippen LogP) is 3.14. The average molecular weight is 276 g/mol. The lowest BCUT2D eigenvalue weighted by atomic mass is 9.98. The van der Waals surface area contributed by atoms with E-state index in [1.54, 1.807) is 7.11 Å². The Bertz CT molecular complexity index is 442. The van der Waals surface area contributed by atoms with Gasteiger partial charge in [-0.05, 0) is 44.9 Å². The van der Waals surface area contributed by atoms with Gasteiger partial charge in [0.15, 0.2) is 0 Å². The van der Waals surface area contributed by atoms with Crippen molar-refractivity contribution >= 4 is 0 Å². The molecule has 4 nitrogen and oxygen atoms in total. The Morgan fingerprint density at radius 3 is 2.75 bits per heavy atom. The van der Waals surface area contributed by atoms with Crippen molar-refractivity contribution in [3.8, 4) is 17.6 Å². The van der Waals surface area contributed by atoms with Crippen molar-refractivity contribution in [2.75, 3.05) is 20.3 Å². The number of hydrogen-bond acceptors (Lipinski definition) is 4. The normalized spacial score (nSPS) is 13.3. The van der Waals surface area contributed by atoms with Crippen molar-refractivity contribution in [2.24, 2.45) is 0 Å². The number of benzene rings is 1. The molecule has 4 heteroatoms. The van der Waals surface area contributed by atoms with Crippen LogP contribution in [0, 0.1) is 11.3 Å². The molecule has 1 atom stereocenters. The Labute approximate surface area is 121 Å². The lowest BCUT2D eigenvalue weighted by Gasteiger charge is -2.23. The molecule has 1 aromatic carbocycles. The van der Waals surface area contributed by atoms with Crippen molar-refractivity contribution in [1.82, 2.24) is 5.32 Å². The second-order valence-electron chi connectivity index (χ2n) is 5.00. The standard InChI is InChI=1S/C16H24N2O2/c1-4-10-18-16(2,13-17)9-6-11-20-15-8-5-7-14(12-15)19-3/h5,7-8,12,18H,4,6,9-11H2,1-3H3. The van der Waals surface area contributed by atoms with Crippen LogP contribution in [0.2, 0.25) is 0 Å². The third-order valence-electron chi connectivity index (χ3n) is 3.14. The third-order valence-corrected chi connectivity index (χ3v) is 3.14. The zero-order valence-corrected chi connectivity index (χ0v) is 12.6. The summed E-state index contributed by atoms with van der Waals surface area (Å²) in [5.74, 6) is 1.58. The largest absolute Gasteiger partial charge is 0.497 e. The monoisotopic (exact) mass is 276 g/mol. The number of ether oxygens (including phenoxy) is 2. The SMILES string of the molecule is CCCNC(C)(C#N)CCCOc1cccc(OC)c1. The molecular formula is C16H24N2O2. The van der Waals surface area contributed by atoms with Gasteiger partial charge in [-0.25, -0.2) is 0 Å². The molecule has 0 saturated carbocycles. The van der Waals surface area contributed by atoms with E-state index in [9.17, 15) is 5.26 Å². The summed E-state index contributed by atoms with van der Waals surface area (Å²) >= 11 is 0. The summed E-state index contributed by atoms with van der Waals surface area (Å²) in [5, 5.41) is 12.5. The summed E-state index contributed by atoms with van der Waals surface area (Å²) in [4.78, 5) is 0. The van der Waals surface area contributed by atoms with E-state index in [0.29, 0.717) is 6.61 Å². The molecule has 0 spiro atoms. The minimum Gasteiger partial charge on any atom is -0.497 e. The Morgan fingerprint density at radius 1 is 1.35 bits per heavy atom. The molecule has 1 unspecified atom stereocenters. The van der Waals surface area contributed by atoms with Crippen LogP contribution in [-0.2, 0) is 0 Å². The first kappa shape index (κ1) is 16.3. The first-order chi connectivity index (χ1) is 9.63. The van der Waals surface area contributed by atoms with Crippen LogP contribution in [0.4, 0.5) is 0 Å². The fourth-order valence-electron chi connectivity index (χ4n) is 1.89. The summed E-state index contributed by atoms with van der Waals surface area (Å²) in [5.41, 5.74) is -0.465. The van der Waals surface area contributed by atoms with Gasteiger partial charge in [-0.3, -0.25) is 5.32 Å². The predicted molar refractivity (Wildman–Crippen MR) is 80.0 cm³/mol. The minimum absolute atomic E-state index is 0.465. The van der Waals surface area contributed by atoms with Crippen molar-refractivity contribution in [3.05, 3.63) is 24.3 Å². The van der Waals surface area contributed by atoms with Crippen molar-refractivity contribution in [2.45, 2.75) is 38.6 Å². The average Bonchev–Trinajstić information content (AvgIpc) is 2.50. The van der Waals surface area contributed by atoms with Gasteiger partial charge in [0.1, 0.15) is 17.0 Å². The molecule has 0 radical (unpaired) electrons. The molecule has 0 bridgehead atoms. The molecule has 0 heterocycles. The Kier molecular flexibility index (Phi) is 6.89. The van der Waals surface area contributed by atoms with Crippen LogP contribution in [0.3, 0.4) is 0 Å². The molecule has 110 valence electrons. The topological polar surface area (TPSA) is 54.3 Å². The highest BCUT2D eigenvalue weighted by Gasteiger charge is 2.21. The Balaban J connectivity index is 2.35. The van der Waals surface area contributed by atoms with Crippen LogP contribution >= 0.6 is 0 Å². The summed E-state index contributed by atoms with van der Waals surface area (Å²) in [6.45, 7) is 5.49. The minimum atomic E-state index is -0.465. The van der Waals surface area contributed by atoms with Gasteiger partial charge in [-0.2, -0.15) is 5.26 Å². The highest BCUT2D eigenvalue weighted by atomic mass is 16.5. The van der Waals surface area contributed by atoms with E-state index in [-0.39, 0.29) is 0 Å². The van der Waals surface area contributed by atoms with Gasteiger partial charge in [0, 0.05) is 6.07 Å². The van der Waals surface area contributed by atoms with Crippen LogP contribution in [0.5, 0.6) is 11.5 Å². The highest BCUT2D eigenvalue weighted by Crippen LogP contribution is 2.19. The third kappa shape index (κ3) is 5.50. The van der Waals surface area contributed by atoms with Gasteiger partial charge >= 0.3 is 0 Å². The van der Waals surface area contributed by atoms with Gasteiger partial charge in [-0.1, -0.05) is 13.0 Å². The van der Waals surface area contributed by atoms with E-state index in [2.05, 4.69) is 18.3 Å². The zero-order chi connectivity index (χ0) is 14.8. The fourth-order valence-corrected chi connectivity index (χ4v) is 1.89. The summed E-state index contributed by atoms with van der Waals surface area (Å²) in [7, 11) is 1.64. The Hall–Kier alpha value is -1.73. The van der Waals surface area contributed by atoms with E-state index >= 15 is 0 Å². The van der Waals surface area contributed by atoms with Gasteiger partial charge in [0.05, 0.1) is 19.8 Å². The van der Waals surface area contributed by atoms with E-state index in [4.69, 9.17) is 9.47 Å². The smallest absolute Gasteiger partial charge is 0.122 e. The summed E-state index contributed by atoms with van der Waals surface area (Å²) < 4.78 is 10.8. The number of rotatable bonds is 9. The molecule has 0 aromatic heterocycles. The van der Waals surface area contributed by atoms with Crippen molar-refractivity contribution in [1.29, 1.82) is 5.26 Å². The van der Waals surface area contributed by atoms with Gasteiger partial charge in [0.25, 0.3) is 0 Å². The van der Waals surface area contributed by atoms with Crippen LogP contribution in [-0.4, -0.2) is 25.8 Å². The number of nitriles is 1. The quantitative estimate of drug-likeness (QED) is 0.704. The highest BCUT2D eigenvalue weighted by molar-refractivity contribution is 5.32. The van der Waals surface area contributed by atoms with E-state index in [0.717, 1.165) is 37.3 Å². The second-order valence-corrected chi connectivity index (χ2v) is 5.00. The first-order valence-corrected chi connectivity index (χ1v) is 7.06. The molecule has 0 saturated heterocycles. The first-order valence-electron chi connectivity index (χ1n) is 7.06. The number of hydrogen-bond donors (Lipinski definition) is 1. The Morgan fingerprint density at radius 2 is 2.10 bits per heavy atom. The maximum absolute atomic E-state index is 9.23. The summed E-state index contributed by atoms with van der Waals surface area (Å²) in [6.07, 6.45) is 2.63. The number of nitrogens with zero attached hydrogens (tertiary/aromatic N) is 1. The maximum Gasteiger partial charge on any atom is 0.122 e. The van der Waals surface area contributed by atoms with E-state index < -0.39 is 5.54 Å². The van der Waals surface area contributed by atoms with E-state index in [1.807, 2.05) is 31.2 Å². The molecular weight excluding hydrogens is 252 g/mol. The summed E-state index contributed by atoms with van der Waals surface area (Å²) in [6, 6.07) is 9.89. The molecule has 1 aromatic rings. The van der Waals surface area contributed by atoms with Crippen LogP contribution in [0.1, 0.15) is 33.1 Å². The van der Waals surface area contributed by atoms with Gasteiger partial charge in [0.2, 0.25) is 0 Å². The van der Waals surface area contributed by atoms with Gasteiger partial charge < -0.3 is 9.47 Å². The fraction of sp³-hybridized carbons (Fsp3) is 0.562. The van der Waals surface area contributed by atoms with Crippen molar-refractivity contribution in [3.63, 3.8) is 0 Å². The lowest BCUT2D eigenvalue weighted by molar-refractivity contribution is 0.284. The lowest BCUT2D eigenvalue weighted by Crippen LogP contribution is -2.41. The van der Waals surface area contributed by atoms with Crippen LogP contribution in [0.25, 0.3) is 0 Å². The number of methoxy groups -OCH3 is 1. The molecule has 0 aliphatic rings. The molecule has 1 N–H and O–H groups in total. The molecule has 0 amide bonds. The second kappa shape index (κ2) is 8.44. The van der Waals surface area contributed by atoms with Crippen molar-refractivity contribution < 1.29 is 9.47 Å². The van der Waals surface area contributed by atoms with Crippen LogP contribution in [0.15, 0.2) is 24.3 Å². The van der Waals surface area contributed by atoms with Crippen LogP contribution < -0.4 is 14.8 Å².